The van der Waals surface area contributed by atoms with E-state index in [1.54, 1.807) is 18.3 Å². The minimum atomic E-state index is 0.431. The molecule has 0 aromatic carbocycles. The third-order valence-electron chi connectivity index (χ3n) is 1.39. The van der Waals surface area contributed by atoms with Crippen molar-refractivity contribution in [3.63, 3.8) is 0 Å². The second-order valence-electron chi connectivity index (χ2n) is 2.04. The standard InChI is InChI=1S/C7H6N2O2/c1-10-7-6-5(11-9-7)3-2-4-8-6/h2-4H,1H3. The van der Waals surface area contributed by atoms with Crippen molar-refractivity contribution >= 4 is 11.1 Å². The van der Waals surface area contributed by atoms with Crippen LogP contribution in [0.4, 0.5) is 0 Å². The maximum atomic E-state index is 4.90. The number of nitrogens with zero attached hydrogens (tertiary/aromatic N) is 2. The molecule has 0 atom stereocenters. The van der Waals surface area contributed by atoms with E-state index < -0.39 is 0 Å². The lowest BCUT2D eigenvalue weighted by molar-refractivity contribution is 0.350. The van der Waals surface area contributed by atoms with Crippen molar-refractivity contribution in [3.8, 4) is 5.88 Å². The van der Waals surface area contributed by atoms with Gasteiger partial charge in [0.15, 0.2) is 11.1 Å². The number of hydrogen-bond acceptors (Lipinski definition) is 4. The summed E-state index contributed by atoms with van der Waals surface area (Å²) in [4.78, 5) is 4.03. The fraction of sp³-hybridized carbons (Fsp3) is 0.143. The highest BCUT2D eigenvalue weighted by molar-refractivity contribution is 5.76. The SMILES string of the molecule is COc1noc2cccnc12. The van der Waals surface area contributed by atoms with Crippen LogP contribution in [0.2, 0.25) is 0 Å². The Morgan fingerprint density at radius 2 is 2.45 bits per heavy atom. The fourth-order valence-electron chi connectivity index (χ4n) is 0.893. The van der Waals surface area contributed by atoms with Crippen LogP contribution < -0.4 is 4.74 Å². The van der Waals surface area contributed by atoms with E-state index in [-0.39, 0.29) is 0 Å². The molecule has 4 heteroatoms. The molecule has 2 aromatic heterocycles. The lowest BCUT2D eigenvalue weighted by Gasteiger charge is -1.88. The van der Waals surface area contributed by atoms with Crippen LogP contribution in [0.1, 0.15) is 0 Å². The average Bonchev–Trinajstić information content (AvgIpc) is 2.47. The van der Waals surface area contributed by atoms with Crippen molar-refractivity contribution < 1.29 is 9.26 Å². The summed E-state index contributed by atoms with van der Waals surface area (Å²) in [5, 5.41) is 3.65. The van der Waals surface area contributed by atoms with Crippen LogP contribution in [-0.2, 0) is 0 Å². The summed E-state index contributed by atoms with van der Waals surface area (Å²) in [7, 11) is 1.53. The predicted octanol–water partition coefficient (Wildman–Crippen LogP) is 1.23. The molecule has 0 saturated carbocycles. The first-order valence-electron chi connectivity index (χ1n) is 3.16. The van der Waals surface area contributed by atoms with Crippen LogP contribution in [0.5, 0.6) is 5.88 Å². The van der Waals surface area contributed by atoms with Gasteiger partial charge in [0.1, 0.15) is 0 Å². The van der Waals surface area contributed by atoms with Crippen LogP contribution in [0.25, 0.3) is 11.1 Å². The van der Waals surface area contributed by atoms with E-state index in [4.69, 9.17) is 9.26 Å². The Hall–Kier alpha value is -1.58. The van der Waals surface area contributed by atoms with Crippen LogP contribution in [0, 0.1) is 0 Å². The van der Waals surface area contributed by atoms with E-state index in [2.05, 4.69) is 10.1 Å². The normalized spacial score (nSPS) is 10.3. The first-order chi connectivity index (χ1) is 5.42. The van der Waals surface area contributed by atoms with Gasteiger partial charge in [-0.25, -0.2) is 4.98 Å². The van der Waals surface area contributed by atoms with Gasteiger partial charge in [0, 0.05) is 6.20 Å². The molecule has 0 radical (unpaired) electrons. The number of fused-ring (bicyclic) bond motifs is 1. The topological polar surface area (TPSA) is 48.2 Å². The molecule has 0 bridgehead atoms. The maximum absolute atomic E-state index is 4.90. The number of pyridine rings is 1. The third-order valence-corrected chi connectivity index (χ3v) is 1.39. The van der Waals surface area contributed by atoms with Crippen LogP contribution >= 0.6 is 0 Å². The van der Waals surface area contributed by atoms with Crippen molar-refractivity contribution in [2.24, 2.45) is 0 Å². The van der Waals surface area contributed by atoms with Gasteiger partial charge in [0.05, 0.1) is 7.11 Å². The molecule has 2 heterocycles. The van der Waals surface area contributed by atoms with Crippen molar-refractivity contribution in [2.75, 3.05) is 7.11 Å². The molecule has 2 rings (SSSR count). The number of ether oxygens (including phenoxy) is 1. The quantitative estimate of drug-likeness (QED) is 0.613. The van der Waals surface area contributed by atoms with Gasteiger partial charge in [-0.05, 0) is 17.3 Å². The molecule has 11 heavy (non-hydrogen) atoms. The smallest absolute Gasteiger partial charge is 0.280 e. The predicted molar refractivity (Wildman–Crippen MR) is 38.4 cm³/mol. The Balaban J connectivity index is 2.76. The van der Waals surface area contributed by atoms with Crippen LogP contribution in [-0.4, -0.2) is 17.3 Å². The van der Waals surface area contributed by atoms with E-state index >= 15 is 0 Å². The Kier molecular flexibility index (Phi) is 1.25. The summed E-state index contributed by atoms with van der Waals surface area (Å²) in [6.45, 7) is 0. The van der Waals surface area contributed by atoms with Crippen molar-refractivity contribution in [1.29, 1.82) is 0 Å². The molecule has 0 spiro atoms. The highest BCUT2D eigenvalue weighted by atomic mass is 16.5. The maximum Gasteiger partial charge on any atom is 0.280 e. The summed E-state index contributed by atoms with van der Waals surface area (Å²) in [6, 6.07) is 3.57. The van der Waals surface area contributed by atoms with Gasteiger partial charge in [-0.2, -0.15) is 0 Å². The van der Waals surface area contributed by atoms with Gasteiger partial charge in [0.2, 0.25) is 0 Å². The van der Waals surface area contributed by atoms with E-state index in [0.717, 1.165) is 0 Å². The summed E-state index contributed by atoms with van der Waals surface area (Å²) in [5.41, 5.74) is 1.30. The van der Waals surface area contributed by atoms with E-state index in [1.807, 2.05) is 0 Å². The van der Waals surface area contributed by atoms with Crippen molar-refractivity contribution in [3.05, 3.63) is 18.3 Å². The Morgan fingerprint density at radius 1 is 1.55 bits per heavy atom. The Morgan fingerprint density at radius 3 is 3.27 bits per heavy atom. The van der Waals surface area contributed by atoms with Crippen molar-refractivity contribution in [1.82, 2.24) is 10.1 Å². The molecule has 0 amide bonds. The number of aromatic nitrogens is 2. The molecule has 2 aromatic rings. The minimum absolute atomic E-state index is 0.431. The molecular weight excluding hydrogens is 144 g/mol. The third kappa shape index (κ3) is 0.832. The minimum Gasteiger partial charge on any atom is -0.477 e. The molecule has 0 aliphatic rings. The fourth-order valence-corrected chi connectivity index (χ4v) is 0.893. The lowest BCUT2D eigenvalue weighted by atomic mass is 10.4. The highest BCUT2D eigenvalue weighted by Crippen LogP contribution is 2.20. The van der Waals surface area contributed by atoms with Crippen LogP contribution in [0.3, 0.4) is 0 Å². The molecule has 0 aliphatic heterocycles. The molecule has 0 fully saturated rings. The second kappa shape index (κ2) is 2.23. The number of methoxy groups -OCH3 is 1. The van der Waals surface area contributed by atoms with Gasteiger partial charge < -0.3 is 9.26 Å². The summed E-state index contributed by atoms with van der Waals surface area (Å²) < 4.78 is 9.80. The zero-order chi connectivity index (χ0) is 7.68. The van der Waals surface area contributed by atoms with Gasteiger partial charge in [0.25, 0.3) is 5.88 Å². The lowest BCUT2D eigenvalue weighted by Crippen LogP contribution is -1.82. The average molecular weight is 150 g/mol. The van der Waals surface area contributed by atoms with Crippen LogP contribution in [0.15, 0.2) is 22.9 Å². The van der Waals surface area contributed by atoms with Gasteiger partial charge in [-0.1, -0.05) is 0 Å². The first kappa shape index (κ1) is 6.15. The zero-order valence-corrected chi connectivity index (χ0v) is 5.94. The molecular formula is C7H6N2O2. The number of rotatable bonds is 1. The highest BCUT2D eigenvalue weighted by Gasteiger charge is 2.06. The van der Waals surface area contributed by atoms with Gasteiger partial charge >= 0.3 is 0 Å². The Labute approximate surface area is 62.8 Å². The van der Waals surface area contributed by atoms with E-state index in [1.165, 1.54) is 7.11 Å². The monoisotopic (exact) mass is 150 g/mol. The summed E-state index contributed by atoms with van der Waals surface area (Å²) >= 11 is 0. The largest absolute Gasteiger partial charge is 0.477 e. The van der Waals surface area contributed by atoms with E-state index in [9.17, 15) is 0 Å². The van der Waals surface area contributed by atoms with E-state index in [0.29, 0.717) is 17.0 Å². The van der Waals surface area contributed by atoms with Gasteiger partial charge in [-0.15, -0.1) is 0 Å². The molecule has 0 saturated heterocycles. The first-order valence-corrected chi connectivity index (χ1v) is 3.16. The molecule has 56 valence electrons. The Bertz CT molecular complexity index is 369. The summed E-state index contributed by atoms with van der Waals surface area (Å²) in [5.74, 6) is 0.431. The zero-order valence-electron chi connectivity index (χ0n) is 5.94. The van der Waals surface area contributed by atoms with Gasteiger partial charge in [-0.3, -0.25) is 0 Å². The molecule has 0 aliphatic carbocycles. The second-order valence-corrected chi connectivity index (χ2v) is 2.04. The summed E-state index contributed by atoms with van der Waals surface area (Å²) in [6.07, 6.45) is 1.67. The molecule has 0 unspecified atom stereocenters. The van der Waals surface area contributed by atoms with Crippen molar-refractivity contribution in [2.45, 2.75) is 0 Å². The molecule has 0 N–H and O–H groups in total. The molecule has 4 nitrogen and oxygen atoms in total. The number of hydrogen-bond donors (Lipinski definition) is 0.